The standard InChI is InChI=1S/C34H43N3O4/c1-5-29(31-7-6-8-32(35-31)37-17-12-26(13-18-37)34(38)39)33(23(2)3)41-21-27-10-9-25-11-16-36(28-15-20-40-22-28)19-14-30(25)24(27)4/h5-10,26,28H,1-2,11-22H2,3-4H3,(H,38,39)/b33-29-/t28-/m0/s1. The Morgan fingerprint density at radius 2 is 1.93 bits per heavy atom. The van der Waals surface area contributed by atoms with Crippen molar-refractivity contribution >= 4 is 17.4 Å². The monoisotopic (exact) mass is 557 g/mol. The number of anilines is 1. The number of aliphatic carboxylic acids is 1. The van der Waals surface area contributed by atoms with Crippen molar-refractivity contribution in [3.63, 3.8) is 0 Å². The average Bonchev–Trinajstić information content (AvgIpc) is 3.43. The highest BCUT2D eigenvalue weighted by molar-refractivity contribution is 5.76. The van der Waals surface area contributed by atoms with Crippen molar-refractivity contribution in [1.82, 2.24) is 9.88 Å². The Morgan fingerprint density at radius 3 is 2.61 bits per heavy atom. The fourth-order valence-electron chi connectivity index (χ4n) is 6.41. The van der Waals surface area contributed by atoms with Crippen LogP contribution in [0.4, 0.5) is 5.82 Å². The van der Waals surface area contributed by atoms with Crippen LogP contribution in [0.15, 0.2) is 60.9 Å². The molecule has 3 aliphatic rings. The number of fused-ring (bicyclic) bond motifs is 1. The minimum Gasteiger partial charge on any atom is -0.488 e. The summed E-state index contributed by atoms with van der Waals surface area (Å²) in [6, 6.07) is 11.0. The number of piperidine rings is 1. The van der Waals surface area contributed by atoms with Gasteiger partial charge in [-0.15, -0.1) is 0 Å². The minimum absolute atomic E-state index is 0.279. The molecule has 0 unspecified atom stereocenters. The fraction of sp³-hybridized carbons (Fsp3) is 0.471. The lowest BCUT2D eigenvalue weighted by molar-refractivity contribution is -0.142. The summed E-state index contributed by atoms with van der Waals surface area (Å²) in [7, 11) is 0. The lowest BCUT2D eigenvalue weighted by Gasteiger charge is -2.31. The summed E-state index contributed by atoms with van der Waals surface area (Å²) in [5.41, 5.74) is 7.80. The number of pyridine rings is 1. The molecule has 1 N–H and O–H groups in total. The van der Waals surface area contributed by atoms with E-state index in [4.69, 9.17) is 14.5 Å². The van der Waals surface area contributed by atoms with Crippen molar-refractivity contribution in [2.24, 2.45) is 5.92 Å². The van der Waals surface area contributed by atoms with Crippen LogP contribution < -0.4 is 4.90 Å². The summed E-state index contributed by atoms with van der Waals surface area (Å²) in [5.74, 6) is 0.540. The third-order valence-electron chi connectivity index (χ3n) is 8.93. The van der Waals surface area contributed by atoms with Crippen LogP contribution in [-0.4, -0.2) is 66.4 Å². The molecule has 0 aliphatic carbocycles. The van der Waals surface area contributed by atoms with E-state index in [1.54, 1.807) is 6.08 Å². The van der Waals surface area contributed by atoms with Gasteiger partial charge in [-0.05, 0) is 85.9 Å². The SMILES string of the molecule is C=C/C(=C(/OCc1ccc2c(c1C)CCN([C@H]1CCOC1)CC2)C(=C)C)c1cccc(N2CCC(C(=O)O)CC2)n1. The van der Waals surface area contributed by atoms with E-state index in [0.717, 1.165) is 68.2 Å². The maximum absolute atomic E-state index is 11.4. The quantitative estimate of drug-likeness (QED) is 0.319. The molecule has 1 aromatic heterocycles. The largest absolute Gasteiger partial charge is 0.488 e. The van der Waals surface area contributed by atoms with E-state index in [1.165, 1.54) is 22.3 Å². The third-order valence-corrected chi connectivity index (χ3v) is 8.93. The molecular weight excluding hydrogens is 514 g/mol. The number of nitrogens with zero attached hydrogens (tertiary/aromatic N) is 3. The number of carbonyl (C=O) groups is 1. The topological polar surface area (TPSA) is 75.1 Å². The number of allylic oxidation sites excluding steroid dienone is 3. The summed E-state index contributed by atoms with van der Waals surface area (Å²) in [6.45, 7) is 18.2. The summed E-state index contributed by atoms with van der Waals surface area (Å²) >= 11 is 0. The zero-order valence-electron chi connectivity index (χ0n) is 24.5. The molecule has 7 heteroatoms. The van der Waals surface area contributed by atoms with Gasteiger partial charge in [0, 0.05) is 44.4 Å². The second-order valence-electron chi connectivity index (χ2n) is 11.5. The van der Waals surface area contributed by atoms with Crippen molar-refractivity contribution < 1.29 is 19.4 Å². The molecule has 3 aliphatic heterocycles. The molecule has 0 saturated carbocycles. The normalized spacial score (nSPS) is 20.6. The average molecular weight is 558 g/mol. The van der Waals surface area contributed by atoms with E-state index < -0.39 is 5.97 Å². The van der Waals surface area contributed by atoms with E-state index in [0.29, 0.717) is 44.3 Å². The number of carboxylic acid groups (broad SMARTS) is 1. The van der Waals surface area contributed by atoms with Crippen molar-refractivity contribution in [2.45, 2.75) is 58.6 Å². The van der Waals surface area contributed by atoms with Crippen molar-refractivity contribution in [3.05, 3.63) is 88.8 Å². The number of hydrogen-bond acceptors (Lipinski definition) is 6. The first-order valence-corrected chi connectivity index (χ1v) is 14.9. The van der Waals surface area contributed by atoms with Gasteiger partial charge in [0.1, 0.15) is 18.2 Å². The summed E-state index contributed by atoms with van der Waals surface area (Å²) in [6.07, 6.45) is 6.29. The van der Waals surface area contributed by atoms with Crippen LogP contribution in [0, 0.1) is 12.8 Å². The lowest BCUT2D eigenvalue weighted by atomic mass is 9.94. The fourth-order valence-corrected chi connectivity index (χ4v) is 6.41. The first-order valence-electron chi connectivity index (χ1n) is 14.9. The molecule has 4 heterocycles. The van der Waals surface area contributed by atoms with E-state index in [1.807, 2.05) is 25.1 Å². The molecular formula is C34H43N3O4. The van der Waals surface area contributed by atoms with Crippen LogP contribution in [0.1, 0.15) is 54.1 Å². The van der Waals surface area contributed by atoms with Gasteiger partial charge in [-0.1, -0.05) is 37.4 Å². The van der Waals surface area contributed by atoms with Gasteiger partial charge in [0.25, 0.3) is 0 Å². The van der Waals surface area contributed by atoms with Crippen LogP contribution in [0.25, 0.3) is 5.57 Å². The maximum Gasteiger partial charge on any atom is 0.306 e. The zero-order valence-corrected chi connectivity index (χ0v) is 24.5. The number of ether oxygens (including phenoxy) is 2. The molecule has 0 amide bonds. The highest BCUT2D eigenvalue weighted by atomic mass is 16.5. The van der Waals surface area contributed by atoms with Crippen molar-refractivity contribution in [1.29, 1.82) is 0 Å². The van der Waals surface area contributed by atoms with Gasteiger partial charge >= 0.3 is 5.97 Å². The third kappa shape index (κ3) is 6.57. The van der Waals surface area contributed by atoms with Gasteiger partial charge in [0.2, 0.25) is 0 Å². The molecule has 0 radical (unpaired) electrons. The van der Waals surface area contributed by atoms with Crippen LogP contribution in [0.2, 0.25) is 0 Å². The Labute approximate surface area is 244 Å². The van der Waals surface area contributed by atoms with Crippen LogP contribution in [0.5, 0.6) is 0 Å². The maximum atomic E-state index is 11.4. The smallest absolute Gasteiger partial charge is 0.306 e. The molecule has 1 aromatic carbocycles. The number of rotatable bonds is 9. The minimum atomic E-state index is -0.711. The Morgan fingerprint density at radius 1 is 1.15 bits per heavy atom. The highest BCUT2D eigenvalue weighted by Gasteiger charge is 2.27. The Balaban J connectivity index is 1.32. The van der Waals surface area contributed by atoms with Crippen LogP contribution >= 0.6 is 0 Å². The second-order valence-corrected chi connectivity index (χ2v) is 11.5. The molecule has 2 saturated heterocycles. The van der Waals surface area contributed by atoms with Gasteiger partial charge in [0.15, 0.2) is 0 Å². The summed E-state index contributed by atoms with van der Waals surface area (Å²) in [4.78, 5) is 21.1. The van der Waals surface area contributed by atoms with Gasteiger partial charge in [-0.25, -0.2) is 4.98 Å². The molecule has 1 atom stereocenters. The first kappa shape index (κ1) is 29.1. The molecule has 7 nitrogen and oxygen atoms in total. The molecule has 5 rings (SSSR count). The van der Waals surface area contributed by atoms with E-state index in [-0.39, 0.29) is 5.92 Å². The number of carboxylic acids is 1. The Kier molecular flexibility index (Phi) is 9.25. The van der Waals surface area contributed by atoms with E-state index in [9.17, 15) is 9.90 Å². The first-order chi connectivity index (χ1) is 19.9. The molecule has 2 fully saturated rings. The Bertz CT molecular complexity index is 1320. The molecule has 0 spiro atoms. The highest BCUT2D eigenvalue weighted by Crippen LogP contribution is 2.30. The van der Waals surface area contributed by atoms with Gasteiger partial charge in [-0.2, -0.15) is 0 Å². The van der Waals surface area contributed by atoms with Crippen LogP contribution in [-0.2, 0) is 33.7 Å². The molecule has 2 aromatic rings. The van der Waals surface area contributed by atoms with Gasteiger partial charge in [0.05, 0.1) is 18.2 Å². The van der Waals surface area contributed by atoms with E-state index >= 15 is 0 Å². The summed E-state index contributed by atoms with van der Waals surface area (Å²) in [5, 5.41) is 9.35. The van der Waals surface area contributed by atoms with Crippen LogP contribution in [0.3, 0.4) is 0 Å². The lowest BCUT2D eigenvalue weighted by Crippen LogP contribution is -2.37. The Hall–Kier alpha value is -3.42. The molecule has 218 valence electrons. The van der Waals surface area contributed by atoms with Crippen molar-refractivity contribution in [3.8, 4) is 0 Å². The second kappa shape index (κ2) is 13.0. The zero-order chi connectivity index (χ0) is 28.9. The molecule has 0 bridgehead atoms. The number of aromatic nitrogens is 1. The number of hydrogen-bond donors (Lipinski definition) is 1. The van der Waals surface area contributed by atoms with Gasteiger partial charge in [-0.3, -0.25) is 9.69 Å². The predicted octanol–water partition coefficient (Wildman–Crippen LogP) is 5.57. The van der Waals surface area contributed by atoms with Crippen molar-refractivity contribution in [2.75, 3.05) is 44.3 Å². The predicted molar refractivity (Wildman–Crippen MR) is 163 cm³/mol. The number of benzene rings is 1. The molecule has 41 heavy (non-hydrogen) atoms. The van der Waals surface area contributed by atoms with Gasteiger partial charge < -0.3 is 19.5 Å². The summed E-state index contributed by atoms with van der Waals surface area (Å²) < 4.78 is 12.1. The van der Waals surface area contributed by atoms with E-state index in [2.05, 4.69) is 42.0 Å².